The number of aliphatic hydroxyl groups is 1. The van der Waals surface area contributed by atoms with E-state index in [4.69, 9.17) is 9.72 Å². The van der Waals surface area contributed by atoms with Gasteiger partial charge in [0.15, 0.2) is 0 Å². The molecule has 0 radical (unpaired) electrons. The molecule has 0 saturated heterocycles. The summed E-state index contributed by atoms with van der Waals surface area (Å²) >= 11 is 0. The molecule has 3 aliphatic rings. The van der Waals surface area contributed by atoms with Gasteiger partial charge in [0, 0.05) is 17.7 Å². The molecule has 2 N–H and O–H groups in total. The molecule has 1 fully saturated rings. The second kappa shape index (κ2) is 6.23. The van der Waals surface area contributed by atoms with E-state index in [-0.39, 0.29) is 12.1 Å². The Morgan fingerprint density at radius 2 is 2.08 bits per heavy atom. The van der Waals surface area contributed by atoms with Crippen molar-refractivity contribution in [2.45, 2.75) is 57.6 Å². The average molecular weight is 351 g/mol. The van der Waals surface area contributed by atoms with Crippen LogP contribution in [0.5, 0.6) is 5.75 Å². The van der Waals surface area contributed by atoms with Gasteiger partial charge in [0.25, 0.3) is 0 Å². The minimum atomic E-state index is -0.167. The van der Waals surface area contributed by atoms with Crippen molar-refractivity contribution < 1.29 is 9.84 Å². The minimum absolute atomic E-state index is 0.167. The Hall–Kier alpha value is -2.14. The van der Waals surface area contributed by atoms with Gasteiger partial charge in [-0.15, -0.1) is 0 Å². The van der Waals surface area contributed by atoms with Crippen molar-refractivity contribution in [2.75, 3.05) is 11.9 Å². The van der Waals surface area contributed by atoms with Crippen LogP contribution in [0.25, 0.3) is 0 Å². The van der Waals surface area contributed by atoms with Crippen LogP contribution in [-0.4, -0.2) is 27.8 Å². The monoisotopic (exact) mass is 351 g/mol. The molecule has 26 heavy (non-hydrogen) atoms. The lowest BCUT2D eigenvalue weighted by molar-refractivity contribution is 0.0339. The fourth-order valence-electron chi connectivity index (χ4n) is 4.60. The number of aliphatic hydroxyl groups excluding tert-OH is 1. The molecular weight excluding hydrogens is 326 g/mol. The highest BCUT2D eigenvalue weighted by Crippen LogP contribution is 2.42. The van der Waals surface area contributed by atoms with Crippen LogP contribution in [0.4, 0.5) is 5.82 Å². The molecule has 0 bridgehead atoms. The number of hydrogen-bond donors (Lipinski definition) is 2. The van der Waals surface area contributed by atoms with Gasteiger partial charge in [-0.05, 0) is 68.2 Å². The van der Waals surface area contributed by atoms with Gasteiger partial charge in [-0.1, -0.05) is 6.07 Å². The standard InChI is InChI=1S/C21H25N3O2/c1-12-22-18-4-2-3-17(18)21(23-12)24-20(15-10-16(25)11-15)14-5-6-19-13(9-14)7-8-26-19/h5-6,9,15-16,20,25H,2-4,7-8,10-11H2,1H3,(H,22,23,24)/t15?,16?,20-/m0/s1. The van der Waals surface area contributed by atoms with E-state index >= 15 is 0 Å². The van der Waals surface area contributed by atoms with Crippen LogP contribution >= 0.6 is 0 Å². The van der Waals surface area contributed by atoms with Crippen LogP contribution in [0.1, 0.15) is 53.5 Å². The van der Waals surface area contributed by atoms with E-state index in [2.05, 4.69) is 28.5 Å². The van der Waals surface area contributed by atoms with Gasteiger partial charge in [-0.25, -0.2) is 9.97 Å². The summed E-state index contributed by atoms with van der Waals surface area (Å²) in [6.07, 6.45) is 5.76. The van der Waals surface area contributed by atoms with Gasteiger partial charge in [0.1, 0.15) is 17.4 Å². The van der Waals surface area contributed by atoms with Crippen molar-refractivity contribution >= 4 is 5.82 Å². The second-order valence-electron chi connectivity index (χ2n) is 7.87. The Morgan fingerprint density at radius 1 is 1.19 bits per heavy atom. The third-order valence-corrected chi connectivity index (χ3v) is 6.03. The summed E-state index contributed by atoms with van der Waals surface area (Å²) in [6, 6.07) is 6.71. The van der Waals surface area contributed by atoms with Crippen LogP contribution in [0, 0.1) is 12.8 Å². The maximum Gasteiger partial charge on any atom is 0.133 e. The Kier molecular flexibility index (Phi) is 3.85. The molecule has 2 heterocycles. The zero-order valence-corrected chi connectivity index (χ0v) is 15.2. The molecule has 2 aromatic rings. The lowest BCUT2D eigenvalue weighted by Gasteiger charge is -2.39. The van der Waals surface area contributed by atoms with E-state index < -0.39 is 0 Å². The maximum absolute atomic E-state index is 9.86. The first-order valence-electron chi connectivity index (χ1n) is 9.74. The smallest absolute Gasteiger partial charge is 0.133 e. The van der Waals surface area contributed by atoms with Gasteiger partial charge in [0.2, 0.25) is 0 Å². The zero-order chi connectivity index (χ0) is 17.7. The SMILES string of the molecule is Cc1nc2c(c(N[C@@H](c3ccc4c(c3)CCO4)C3CC(O)C3)n1)CCC2. The van der Waals surface area contributed by atoms with Crippen molar-refractivity contribution in [1.29, 1.82) is 0 Å². The molecule has 5 nitrogen and oxygen atoms in total. The Bertz CT molecular complexity index is 845. The zero-order valence-electron chi connectivity index (χ0n) is 15.2. The molecule has 0 unspecified atom stereocenters. The third kappa shape index (κ3) is 2.75. The number of nitrogens with one attached hydrogen (secondary N) is 1. The topological polar surface area (TPSA) is 67.3 Å². The first-order valence-corrected chi connectivity index (χ1v) is 9.74. The van der Waals surface area contributed by atoms with E-state index in [9.17, 15) is 5.11 Å². The highest BCUT2D eigenvalue weighted by molar-refractivity contribution is 5.52. The van der Waals surface area contributed by atoms with Crippen molar-refractivity contribution in [3.63, 3.8) is 0 Å². The molecule has 0 spiro atoms. The van der Waals surface area contributed by atoms with Gasteiger partial charge in [0.05, 0.1) is 18.8 Å². The molecule has 1 saturated carbocycles. The quantitative estimate of drug-likeness (QED) is 0.886. The van der Waals surface area contributed by atoms with E-state index in [1.165, 1.54) is 22.4 Å². The van der Waals surface area contributed by atoms with Crippen molar-refractivity contribution in [3.05, 3.63) is 46.4 Å². The number of nitrogens with zero attached hydrogens (tertiary/aromatic N) is 2. The van der Waals surface area contributed by atoms with Crippen LogP contribution in [0.15, 0.2) is 18.2 Å². The summed E-state index contributed by atoms with van der Waals surface area (Å²) < 4.78 is 5.66. The Morgan fingerprint density at radius 3 is 2.92 bits per heavy atom. The van der Waals surface area contributed by atoms with Gasteiger partial charge >= 0.3 is 0 Å². The third-order valence-electron chi connectivity index (χ3n) is 6.03. The summed E-state index contributed by atoms with van der Waals surface area (Å²) in [5, 5.41) is 13.6. The lowest BCUT2D eigenvalue weighted by atomic mass is 9.74. The highest BCUT2D eigenvalue weighted by Gasteiger charge is 2.36. The number of fused-ring (bicyclic) bond motifs is 2. The summed E-state index contributed by atoms with van der Waals surface area (Å²) in [4.78, 5) is 9.36. The Labute approximate surface area is 153 Å². The van der Waals surface area contributed by atoms with Crippen molar-refractivity contribution in [1.82, 2.24) is 9.97 Å². The predicted molar refractivity (Wildman–Crippen MR) is 99.5 cm³/mol. The normalized spacial score (nSPS) is 24.4. The predicted octanol–water partition coefficient (Wildman–Crippen LogP) is 3.13. The molecule has 5 rings (SSSR count). The molecule has 2 aliphatic carbocycles. The maximum atomic E-state index is 9.86. The molecule has 1 aromatic carbocycles. The van der Waals surface area contributed by atoms with E-state index in [1.54, 1.807) is 0 Å². The Balaban J connectivity index is 1.50. The summed E-state index contributed by atoms with van der Waals surface area (Å²) in [5.74, 6) is 3.27. The number of ether oxygens (including phenoxy) is 1. The number of aromatic nitrogens is 2. The number of aryl methyl sites for hydroxylation is 2. The largest absolute Gasteiger partial charge is 0.493 e. The van der Waals surface area contributed by atoms with Crippen molar-refractivity contribution in [2.24, 2.45) is 5.92 Å². The average Bonchev–Trinajstić information content (AvgIpc) is 3.24. The number of benzene rings is 1. The van der Waals surface area contributed by atoms with Crippen LogP contribution < -0.4 is 10.1 Å². The van der Waals surface area contributed by atoms with Gasteiger partial charge in [-0.2, -0.15) is 0 Å². The van der Waals surface area contributed by atoms with Crippen LogP contribution in [0.2, 0.25) is 0 Å². The minimum Gasteiger partial charge on any atom is -0.493 e. The summed E-state index contributed by atoms with van der Waals surface area (Å²) in [5.41, 5.74) is 5.05. The number of anilines is 1. The molecule has 1 aromatic heterocycles. The lowest BCUT2D eigenvalue weighted by Crippen LogP contribution is -2.36. The summed E-state index contributed by atoms with van der Waals surface area (Å²) in [7, 11) is 0. The first kappa shape index (κ1) is 16.1. The molecule has 1 aliphatic heterocycles. The first-order chi connectivity index (χ1) is 12.7. The number of rotatable bonds is 4. The second-order valence-corrected chi connectivity index (χ2v) is 7.87. The van der Waals surface area contributed by atoms with E-state index in [0.717, 1.165) is 62.5 Å². The van der Waals surface area contributed by atoms with Crippen molar-refractivity contribution in [3.8, 4) is 5.75 Å². The van der Waals surface area contributed by atoms with Crippen LogP contribution in [0.3, 0.4) is 0 Å². The number of hydrogen-bond acceptors (Lipinski definition) is 5. The molecule has 5 heteroatoms. The fourth-order valence-corrected chi connectivity index (χ4v) is 4.60. The van der Waals surface area contributed by atoms with E-state index in [0.29, 0.717) is 5.92 Å². The highest BCUT2D eigenvalue weighted by atomic mass is 16.5. The fraction of sp³-hybridized carbons (Fsp3) is 0.524. The molecule has 0 amide bonds. The van der Waals surface area contributed by atoms with E-state index in [1.807, 2.05) is 6.92 Å². The summed E-state index contributed by atoms with van der Waals surface area (Å²) in [6.45, 7) is 2.75. The van der Waals surface area contributed by atoms with Crippen LogP contribution in [-0.2, 0) is 19.3 Å². The van der Waals surface area contributed by atoms with Gasteiger partial charge in [-0.3, -0.25) is 0 Å². The molecular formula is C21H25N3O2. The molecule has 136 valence electrons. The molecule has 1 atom stereocenters. The van der Waals surface area contributed by atoms with Gasteiger partial charge < -0.3 is 15.2 Å².